The number of ether oxygens (including phenoxy) is 1. The van der Waals surface area contributed by atoms with E-state index in [1.807, 2.05) is 23.1 Å². The number of para-hydroxylation sites is 1. The Morgan fingerprint density at radius 1 is 1.27 bits per heavy atom. The van der Waals surface area contributed by atoms with Crippen LogP contribution in [0.25, 0.3) is 0 Å². The molecule has 0 radical (unpaired) electrons. The third kappa shape index (κ3) is 2.90. The maximum absolute atomic E-state index is 12.0. The quantitative estimate of drug-likeness (QED) is 0.858. The van der Waals surface area contributed by atoms with Crippen LogP contribution in [0.2, 0.25) is 0 Å². The molecule has 1 aromatic carbocycles. The van der Waals surface area contributed by atoms with Crippen LogP contribution in [0.15, 0.2) is 41.7 Å². The number of nitrogens with one attached hydrogen (secondary N) is 1. The van der Waals surface area contributed by atoms with Gasteiger partial charge in [-0.25, -0.2) is 4.79 Å². The van der Waals surface area contributed by atoms with Crippen molar-refractivity contribution in [3.63, 3.8) is 0 Å². The summed E-state index contributed by atoms with van der Waals surface area (Å²) in [5.74, 6) is -0.711. The molecule has 2 aliphatic rings. The van der Waals surface area contributed by atoms with Crippen LogP contribution >= 0.6 is 0 Å². The van der Waals surface area contributed by atoms with Crippen molar-refractivity contribution in [1.29, 1.82) is 0 Å². The maximum Gasteiger partial charge on any atom is 0.354 e. The average Bonchev–Trinajstić information content (AvgIpc) is 2.48. The van der Waals surface area contributed by atoms with Crippen LogP contribution in [0.4, 0.5) is 0 Å². The molecule has 2 heterocycles. The summed E-state index contributed by atoms with van der Waals surface area (Å²) in [6, 6.07) is 9.35. The molecule has 0 aromatic heterocycles. The number of nitrogens with zero attached hydrogens (tertiary/aromatic N) is 1. The molecule has 1 unspecified atom stereocenters. The summed E-state index contributed by atoms with van der Waals surface area (Å²) in [6.45, 7) is 0.607. The third-order valence-corrected chi connectivity index (χ3v) is 4.05. The minimum atomic E-state index is -0.983. The first-order valence-electron chi connectivity index (χ1n) is 7.36. The van der Waals surface area contributed by atoms with Gasteiger partial charge in [-0.3, -0.25) is 4.79 Å². The van der Waals surface area contributed by atoms with Crippen LogP contribution in [-0.2, 0) is 9.59 Å². The Hall–Kier alpha value is -2.50. The highest BCUT2D eigenvalue weighted by Crippen LogP contribution is 2.34. The van der Waals surface area contributed by atoms with Gasteiger partial charge in [-0.05, 0) is 31.4 Å². The summed E-state index contributed by atoms with van der Waals surface area (Å²) in [5.41, 5.74) is 0.723. The number of allylic oxidation sites excluding steroid dienone is 1. The molecule has 2 N–H and O–H groups in total. The van der Waals surface area contributed by atoms with E-state index in [0.29, 0.717) is 23.9 Å². The summed E-state index contributed by atoms with van der Waals surface area (Å²) >= 11 is 0. The van der Waals surface area contributed by atoms with Crippen molar-refractivity contribution in [2.45, 2.75) is 25.3 Å². The number of fused-ring (bicyclic) bond motifs is 1. The van der Waals surface area contributed by atoms with Crippen LogP contribution in [0.3, 0.4) is 0 Å². The van der Waals surface area contributed by atoms with Gasteiger partial charge in [0.1, 0.15) is 11.4 Å². The number of carboxylic acids is 1. The van der Waals surface area contributed by atoms with Gasteiger partial charge in [-0.1, -0.05) is 18.2 Å². The Bertz CT molecular complexity index is 612. The Balaban J connectivity index is 1.63. The average molecular weight is 302 g/mol. The van der Waals surface area contributed by atoms with E-state index in [9.17, 15) is 14.7 Å². The topological polar surface area (TPSA) is 78.9 Å². The first kappa shape index (κ1) is 14.4. The SMILES string of the molecule is O=C(COc1ccccc1)NC1=C(C(=O)O)N2CCC2CC1. The molecule has 1 fully saturated rings. The normalized spacial score (nSPS) is 20.0. The van der Waals surface area contributed by atoms with Crippen molar-refractivity contribution >= 4 is 11.9 Å². The molecule has 0 spiro atoms. The zero-order valence-electron chi connectivity index (χ0n) is 12.1. The number of hydrogen-bond donors (Lipinski definition) is 2. The predicted molar refractivity (Wildman–Crippen MR) is 79.1 cm³/mol. The number of carbonyl (C=O) groups excluding carboxylic acids is 1. The van der Waals surface area contributed by atoms with Gasteiger partial charge in [-0.2, -0.15) is 0 Å². The molecule has 1 saturated heterocycles. The highest BCUT2D eigenvalue weighted by molar-refractivity contribution is 5.89. The van der Waals surface area contributed by atoms with Crippen LogP contribution in [0, 0.1) is 0 Å². The molecule has 1 aromatic rings. The van der Waals surface area contributed by atoms with Gasteiger partial charge in [0.05, 0.1) is 0 Å². The van der Waals surface area contributed by atoms with E-state index < -0.39 is 5.97 Å². The van der Waals surface area contributed by atoms with Gasteiger partial charge < -0.3 is 20.1 Å². The number of carbonyl (C=O) groups is 2. The summed E-state index contributed by atoms with van der Waals surface area (Å²) in [6.07, 6.45) is 2.49. The van der Waals surface area contributed by atoms with Crippen LogP contribution in [0.1, 0.15) is 19.3 Å². The van der Waals surface area contributed by atoms with Gasteiger partial charge in [0.15, 0.2) is 6.61 Å². The van der Waals surface area contributed by atoms with E-state index in [4.69, 9.17) is 4.74 Å². The van der Waals surface area contributed by atoms with E-state index in [2.05, 4.69) is 5.32 Å². The van der Waals surface area contributed by atoms with Gasteiger partial charge in [0, 0.05) is 18.3 Å². The number of rotatable bonds is 5. The molecular formula is C16H18N2O4. The number of amides is 1. The lowest BCUT2D eigenvalue weighted by Crippen LogP contribution is -2.52. The zero-order chi connectivity index (χ0) is 15.5. The molecule has 0 saturated carbocycles. The highest BCUT2D eigenvalue weighted by atomic mass is 16.5. The van der Waals surface area contributed by atoms with Crippen molar-refractivity contribution in [3.05, 3.63) is 41.7 Å². The second-order valence-electron chi connectivity index (χ2n) is 5.46. The second kappa shape index (κ2) is 6.09. The van der Waals surface area contributed by atoms with E-state index in [1.54, 1.807) is 12.1 Å². The summed E-state index contributed by atoms with van der Waals surface area (Å²) in [5, 5.41) is 12.1. The Morgan fingerprint density at radius 2 is 2.05 bits per heavy atom. The smallest absolute Gasteiger partial charge is 0.354 e. The van der Waals surface area contributed by atoms with Crippen LogP contribution < -0.4 is 10.1 Å². The Labute approximate surface area is 128 Å². The Morgan fingerprint density at radius 3 is 2.68 bits per heavy atom. The van der Waals surface area contributed by atoms with E-state index in [0.717, 1.165) is 19.4 Å². The molecule has 0 bridgehead atoms. The van der Waals surface area contributed by atoms with Gasteiger partial charge >= 0.3 is 5.97 Å². The number of hydrogen-bond acceptors (Lipinski definition) is 4. The van der Waals surface area contributed by atoms with Crippen molar-refractivity contribution in [2.24, 2.45) is 0 Å². The third-order valence-electron chi connectivity index (χ3n) is 4.05. The predicted octanol–water partition coefficient (Wildman–Crippen LogP) is 1.35. The fourth-order valence-electron chi connectivity index (χ4n) is 2.88. The summed E-state index contributed by atoms with van der Waals surface area (Å²) in [7, 11) is 0. The molecule has 6 nitrogen and oxygen atoms in total. The largest absolute Gasteiger partial charge is 0.484 e. The van der Waals surface area contributed by atoms with Gasteiger partial charge in [-0.15, -0.1) is 0 Å². The van der Waals surface area contributed by atoms with Gasteiger partial charge in [0.2, 0.25) is 0 Å². The highest BCUT2D eigenvalue weighted by Gasteiger charge is 2.38. The van der Waals surface area contributed by atoms with Crippen LogP contribution in [-0.4, -0.2) is 41.1 Å². The molecular weight excluding hydrogens is 284 g/mol. The molecule has 22 heavy (non-hydrogen) atoms. The summed E-state index contributed by atoms with van der Waals surface area (Å²) in [4.78, 5) is 25.3. The zero-order valence-corrected chi connectivity index (χ0v) is 12.1. The number of aliphatic carboxylic acids is 1. The van der Waals surface area contributed by atoms with E-state index >= 15 is 0 Å². The van der Waals surface area contributed by atoms with E-state index in [-0.39, 0.29) is 18.2 Å². The standard InChI is InChI=1S/C16H18N2O4/c19-14(10-22-12-4-2-1-3-5-12)17-13-7-6-11-8-9-18(11)15(13)16(20)21/h1-5,11H,6-10H2,(H,17,19)(H,20,21). The fourth-order valence-corrected chi connectivity index (χ4v) is 2.88. The molecule has 2 aliphatic heterocycles. The lowest BCUT2D eigenvalue weighted by atomic mass is 9.90. The molecule has 0 aliphatic carbocycles. The molecule has 3 rings (SSSR count). The molecule has 1 atom stereocenters. The summed E-state index contributed by atoms with van der Waals surface area (Å²) < 4.78 is 5.37. The molecule has 116 valence electrons. The second-order valence-corrected chi connectivity index (χ2v) is 5.46. The first-order chi connectivity index (χ1) is 10.6. The first-order valence-corrected chi connectivity index (χ1v) is 7.36. The maximum atomic E-state index is 12.0. The number of carboxylic acid groups (broad SMARTS) is 1. The molecule has 6 heteroatoms. The Kier molecular flexibility index (Phi) is 4.00. The fraction of sp³-hybridized carbons (Fsp3) is 0.375. The minimum Gasteiger partial charge on any atom is -0.484 e. The van der Waals surface area contributed by atoms with Crippen molar-refractivity contribution < 1.29 is 19.4 Å². The lowest BCUT2D eigenvalue weighted by Gasteiger charge is -2.46. The minimum absolute atomic E-state index is 0.135. The van der Waals surface area contributed by atoms with Crippen molar-refractivity contribution in [2.75, 3.05) is 13.2 Å². The van der Waals surface area contributed by atoms with Crippen LogP contribution in [0.5, 0.6) is 5.75 Å². The number of benzene rings is 1. The monoisotopic (exact) mass is 302 g/mol. The van der Waals surface area contributed by atoms with E-state index in [1.165, 1.54) is 0 Å². The van der Waals surface area contributed by atoms with Gasteiger partial charge in [0.25, 0.3) is 5.91 Å². The van der Waals surface area contributed by atoms with Crippen molar-refractivity contribution in [3.8, 4) is 5.75 Å². The molecule has 1 amide bonds. The van der Waals surface area contributed by atoms with Crippen molar-refractivity contribution in [1.82, 2.24) is 10.2 Å². The lowest BCUT2D eigenvalue weighted by molar-refractivity contribution is -0.136.